The molecular weight excluding hydrogens is 418 g/mol. The molecule has 1 N–H and O–H groups in total. The lowest BCUT2D eigenvalue weighted by atomic mass is 9.85. The van der Waals surface area contributed by atoms with Crippen molar-refractivity contribution in [1.29, 1.82) is 0 Å². The molecule has 4 rings (SSSR count). The largest absolute Gasteiger partial charge is 0.375 e. The molecule has 0 spiro atoms. The molecule has 1 amide bonds. The number of carbonyl (C=O) groups is 2. The lowest BCUT2D eigenvalue weighted by molar-refractivity contribution is -0.135. The highest BCUT2D eigenvalue weighted by Crippen LogP contribution is 2.44. The Labute approximate surface area is 173 Å². The van der Waals surface area contributed by atoms with Crippen LogP contribution in [0.3, 0.4) is 0 Å². The Morgan fingerprint density at radius 2 is 1.93 bits per heavy atom. The molecule has 0 radical (unpaired) electrons. The van der Waals surface area contributed by atoms with Gasteiger partial charge in [-0.1, -0.05) is 34.1 Å². The van der Waals surface area contributed by atoms with E-state index in [4.69, 9.17) is 0 Å². The van der Waals surface area contributed by atoms with Gasteiger partial charge in [-0.3, -0.25) is 9.59 Å². The summed E-state index contributed by atoms with van der Waals surface area (Å²) < 4.78 is 0.749. The predicted octanol–water partition coefficient (Wildman–Crippen LogP) is 4.32. The molecular formula is C23H22BrNO3. The number of aliphatic hydroxyl groups is 1. The number of rotatable bonds is 5. The van der Waals surface area contributed by atoms with E-state index >= 15 is 0 Å². The summed E-state index contributed by atoms with van der Waals surface area (Å²) in [5.41, 5.74) is 2.27. The summed E-state index contributed by atoms with van der Waals surface area (Å²) in [6.45, 7) is 3.98. The Morgan fingerprint density at radius 1 is 1.18 bits per heavy atom. The molecule has 1 aliphatic heterocycles. The van der Waals surface area contributed by atoms with Crippen molar-refractivity contribution >= 4 is 33.3 Å². The minimum Gasteiger partial charge on any atom is -0.375 e. The monoisotopic (exact) mass is 439 g/mol. The van der Waals surface area contributed by atoms with E-state index in [0.717, 1.165) is 23.7 Å². The second kappa shape index (κ2) is 7.30. The Kier molecular flexibility index (Phi) is 4.98. The van der Waals surface area contributed by atoms with Crippen LogP contribution in [0.5, 0.6) is 0 Å². The maximum Gasteiger partial charge on any atom is 0.264 e. The van der Waals surface area contributed by atoms with Crippen LogP contribution in [0.15, 0.2) is 53.5 Å². The van der Waals surface area contributed by atoms with E-state index in [2.05, 4.69) is 22.5 Å². The first-order valence-corrected chi connectivity index (χ1v) is 10.3. The summed E-state index contributed by atoms with van der Waals surface area (Å²) in [7, 11) is 0. The minimum absolute atomic E-state index is 0.226. The molecule has 1 atom stereocenters. The molecule has 0 aromatic heterocycles. The highest BCUT2D eigenvalue weighted by atomic mass is 79.9. The van der Waals surface area contributed by atoms with E-state index in [0.29, 0.717) is 16.8 Å². The molecule has 28 heavy (non-hydrogen) atoms. The normalized spacial score (nSPS) is 20.6. The molecule has 0 saturated heterocycles. The third kappa shape index (κ3) is 3.12. The van der Waals surface area contributed by atoms with E-state index in [1.807, 2.05) is 24.3 Å². The number of hydrogen-bond donors (Lipinski definition) is 1. The van der Waals surface area contributed by atoms with Crippen LogP contribution in [-0.2, 0) is 23.2 Å². The fraction of sp³-hybridized carbons (Fsp3) is 0.304. The number of anilines is 1. The van der Waals surface area contributed by atoms with E-state index < -0.39 is 11.5 Å². The molecule has 0 fully saturated rings. The third-order valence-corrected chi connectivity index (χ3v) is 6.19. The summed E-state index contributed by atoms with van der Waals surface area (Å²) in [5, 5.41) is 11.3. The van der Waals surface area contributed by atoms with Crippen LogP contribution in [0.4, 0.5) is 5.69 Å². The summed E-state index contributed by atoms with van der Waals surface area (Å²) in [4.78, 5) is 27.6. The van der Waals surface area contributed by atoms with Gasteiger partial charge in [0.25, 0.3) is 5.91 Å². The molecule has 0 saturated carbocycles. The van der Waals surface area contributed by atoms with Gasteiger partial charge in [0, 0.05) is 22.1 Å². The molecule has 144 valence electrons. The first-order chi connectivity index (χ1) is 13.4. The van der Waals surface area contributed by atoms with Gasteiger partial charge in [-0.25, -0.2) is 0 Å². The zero-order valence-corrected chi connectivity index (χ0v) is 17.2. The van der Waals surface area contributed by atoms with Crippen molar-refractivity contribution in [2.75, 3.05) is 11.4 Å². The van der Waals surface area contributed by atoms with E-state index in [1.165, 1.54) is 22.4 Å². The molecule has 2 aromatic carbocycles. The van der Waals surface area contributed by atoms with Crippen LogP contribution in [-0.4, -0.2) is 23.3 Å². The SMILES string of the molecule is C=CCN1C(=O)C(O)(CC(=O)c2ccc3c(c2)CCCC3)c2cc(Br)ccc21. The molecule has 5 heteroatoms. The van der Waals surface area contributed by atoms with E-state index in [9.17, 15) is 14.7 Å². The first kappa shape index (κ1) is 19.1. The average Bonchev–Trinajstić information content (AvgIpc) is 2.89. The second-order valence-corrected chi connectivity index (χ2v) is 8.43. The zero-order valence-electron chi connectivity index (χ0n) is 15.6. The summed E-state index contributed by atoms with van der Waals surface area (Å²) >= 11 is 3.40. The number of Topliss-reactive ketones (excluding diaryl/α,β-unsaturated/α-hetero) is 1. The van der Waals surface area contributed by atoms with Gasteiger partial charge in [-0.05, 0) is 61.1 Å². The molecule has 2 aromatic rings. The van der Waals surface area contributed by atoms with Gasteiger partial charge in [-0.2, -0.15) is 0 Å². The number of nitrogens with zero attached hydrogens (tertiary/aromatic N) is 1. The van der Waals surface area contributed by atoms with Crippen LogP contribution in [0.2, 0.25) is 0 Å². The zero-order chi connectivity index (χ0) is 19.9. The highest BCUT2D eigenvalue weighted by Gasteiger charge is 2.50. The number of ketones is 1. The number of halogens is 1. The predicted molar refractivity (Wildman–Crippen MR) is 113 cm³/mol. The van der Waals surface area contributed by atoms with E-state index in [1.54, 1.807) is 18.2 Å². The van der Waals surface area contributed by atoms with Gasteiger partial charge >= 0.3 is 0 Å². The molecule has 1 unspecified atom stereocenters. The van der Waals surface area contributed by atoms with Crippen molar-refractivity contribution in [2.24, 2.45) is 0 Å². The van der Waals surface area contributed by atoms with Crippen LogP contribution in [0.1, 0.15) is 46.3 Å². The van der Waals surface area contributed by atoms with Crippen molar-refractivity contribution in [1.82, 2.24) is 0 Å². The van der Waals surface area contributed by atoms with Crippen molar-refractivity contribution in [3.05, 3.63) is 75.8 Å². The number of benzene rings is 2. The average molecular weight is 440 g/mol. The van der Waals surface area contributed by atoms with Gasteiger partial charge in [-0.15, -0.1) is 6.58 Å². The number of fused-ring (bicyclic) bond motifs is 2. The molecule has 2 aliphatic rings. The van der Waals surface area contributed by atoms with Crippen LogP contribution in [0, 0.1) is 0 Å². The summed E-state index contributed by atoms with van der Waals surface area (Å²) in [6, 6.07) is 11.1. The molecule has 4 nitrogen and oxygen atoms in total. The number of amides is 1. The van der Waals surface area contributed by atoms with Crippen molar-refractivity contribution in [2.45, 2.75) is 37.7 Å². The van der Waals surface area contributed by atoms with Crippen molar-refractivity contribution in [3.8, 4) is 0 Å². The van der Waals surface area contributed by atoms with Crippen LogP contribution in [0.25, 0.3) is 0 Å². The van der Waals surface area contributed by atoms with Gasteiger partial charge in [0.2, 0.25) is 0 Å². The summed E-state index contributed by atoms with van der Waals surface area (Å²) in [5.74, 6) is -0.706. The topological polar surface area (TPSA) is 57.6 Å². The Hall–Kier alpha value is -2.24. The van der Waals surface area contributed by atoms with E-state index in [-0.39, 0.29) is 18.7 Å². The molecule has 1 aliphatic carbocycles. The molecule has 0 bridgehead atoms. The lowest BCUT2D eigenvalue weighted by Crippen LogP contribution is -2.42. The second-order valence-electron chi connectivity index (χ2n) is 7.52. The van der Waals surface area contributed by atoms with Gasteiger partial charge < -0.3 is 10.0 Å². The highest BCUT2D eigenvalue weighted by molar-refractivity contribution is 9.10. The third-order valence-electron chi connectivity index (χ3n) is 5.69. The number of carbonyl (C=O) groups excluding carboxylic acids is 2. The van der Waals surface area contributed by atoms with Gasteiger partial charge in [0.1, 0.15) is 0 Å². The minimum atomic E-state index is -1.87. The number of aryl methyl sites for hydroxylation is 2. The lowest BCUT2D eigenvalue weighted by Gasteiger charge is -2.23. The quantitative estimate of drug-likeness (QED) is 0.557. The first-order valence-electron chi connectivity index (χ1n) is 9.54. The maximum absolute atomic E-state index is 13.0. The smallest absolute Gasteiger partial charge is 0.264 e. The number of hydrogen-bond acceptors (Lipinski definition) is 3. The van der Waals surface area contributed by atoms with Gasteiger partial charge in [0.15, 0.2) is 11.4 Å². The van der Waals surface area contributed by atoms with Crippen molar-refractivity contribution in [3.63, 3.8) is 0 Å². The fourth-order valence-electron chi connectivity index (χ4n) is 4.25. The Balaban J connectivity index is 1.68. The van der Waals surface area contributed by atoms with Gasteiger partial charge in [0.05, 0.1) is 12.1 Å². The summed E-state index contributed by atoms with van der Waals surface area (Å²) in [6.07, 6.45) is 5.67. The standard InChI is InChI=1S/C23H22BrNO3/c1-2-11-25-20-10-9-18(24)13-19(20)23(28,22(25)27)14-21(26)17-8-7-15-5-3-4-6-16(15)12-17/h2,7-10,12-13,28H,1,3-6,11,14H2. The van der Waals surface area contributed by atoms with Crippen LogP contribution < -0.4 is 4.90 Å². The Bertz CT molecular complexity index is 984. The Morgan fingerprint density at radius 3 is 2.68 bits per heavy atom. The fourth-order valence-corrected chi connectivity index (χ4v) is 4.61. The van der Waals surface area contributed by atoms with Crippen LogP contribution >= 0.6 is 15.9 Å². The maximum atomic E-state index is 13.0. The molecule has 1 heterocycles. The van der Waals surface area contributed by atoms with Crippen molar-refractivity contribution < 1.29 is 14.7 Å².